The first-order chi connectivity index (χ1) is 9.79. The number of rotatable bonds is 4. The molecule has 0 atom stereocenters. The van der Waals surface area contributed by atoms with E-state index in [4.69, 9.17) is 5.84 Å². The van der Waals surface area contributed by atoms with E-state index >= 15 is 0 Å². The molecule has 0 spiro atoms. The first-order valence-corrected chi connectivity index (χ1v) is 7.50. The predicted molar refractivity (Wildman–Crippen MR) is 81.0 cm³/mol. The summed E-state index contributed by atoms with van der Waals surface area (Å²) in [6.45, 7) is 6.39. The van der Waals surface area contributed by atoms with Crippen molar-refractivity contribution in [3.63, 3.8) is 0 Å². The SMILES string of the molecule is CC(C)(C)c1ccc(-c2nnc(SCC(F)F)n2N)cc1. The van der Waals surface area contributed by atoms with Crippen LogP contribution in [0, 0.1) is 0 Å². The zero-order chi connectivity index (χ0) is 15.6. The van der Waals surface area contributed by atoms with E-state index in [1.54, 1.807) is 0 Å². The lowest BCUT2D eigenvalue weighted by molar-refractivity contribution is 0.176. The minimum atomic E-state index is -2.40. The van der Waals surface area contributed by atoms with Crippen molar-refractivity contribution < 1.29 is 8.78 Å². The summed E-state index contributed by atoms with van der Waals surface area (Å²) in [6, 6.07) is 7.84. The van der Waals surface area contributed by atoms with Gasteiger partial charge in [-0.15, -0.1) is 10.2 Å². The molecule has 0 aliphatic heterocycles. The number of thioether (sulfide) groups is 1. The number of hydrogen-bond acceptors (Lipinski definition) is 4. The monoisotopic (exact) mass is 312 g/mol. The lowest BCUT2D eigenvalue weighted by Gasteiger charge is -2.19. The first-order valence-electron chi connectivity index (χ1n) is 6.51. The van der Waals surface area contributed by atoms with Crippen molar-refractivity contribution in [1.82, 2.24) is 14.9 Å². The summed E-state index contributed by atoms with van der Waals surface area (Å²) in [5.74, 6) is 5.99. The van der Waals surface area contributed by atoms with Gasteiger partial charge in [0.2, 0.25) is 11.6 Å². The van der Waals surface area contributed by atoms with Gasteiger partial charge >= 0.3 is 0 Å². The minimum Gasteiger partial charge on any atom is -0.335 e. The molecule has 7 heteroatoms. The molecular weight excluding hydrogens is 294 g/mol. The van der Waals surface area contributed by atoms with Gasteiger partial charge in [-0.25, -0.2) is 13.5 Å². The Labute approximate surface area is 126 Å². The van der Waals surface area contributed by atoms with E-state index in [-0.39, 0.29) is 16.3 Å². The van der Waals surface area contributed by atoms with Crippen LogP contribution in [0.25, 0.3) is 11.4 Å². The van der Waals surface area contributed by atoms with Crippen LogP contribution in [0.15, 0.2) is 29.4 Å². The lowest BCUT2D eigenvalue weighted by Crippen LogP contribution is -2.13. The van der Waals surface area contributed by atoms with Crippen LogP contribution in [-0.2, 0) is 5.41 Å². The van der Waals surface area contributed by atoms with Crippen molar-refractivity contribution in [3.8, 4) is 11.4 Å². The Balaban J connectivity index is 2.23. The molecule has 1 aromatic carbocycles. The first kappa shape index (κ1) is 15.8. The molecule has 0 aliphatic carbocycles. The van der Waals surface area contributed by atoms with Gasteiger partial charge in [-0.3, -0.25) is 0 Å². The number of nitrogens with two attached hydrogens (primary N) is 1. The van der Waals surface area contributed by atoms with Crippen LogP contribution < -0.4 is 5.84 Å². The Morgan fingerprint density at radius 1 is 1.19 bits per heavy atom. The molecule has 4 nitrogen and oxygen atoms in total. The Kier molecular flexibility index (Phi) is 4.51. The Morgan fingerprint density at radius 2 is 1.81 bits per heavy atom. The predicted octanol–water partition coefficient (Wildman–Crippen LogP) is 3.31. The molecule has 2 rings (SSSR count). The second-order valence-corrected chi connectivity index (χ2v) is 6.69. The molecule has 2 aromatic rings. The van der Waals surface area contributed by atoms with Crippen LogP contribution in [-0.4, -0.2) is 27.1 Å². The summed E-state index contributed by atoms with van der Waals surface area (Å²) in [5, 5.41) is 8.11. The molecule has 0 fully saturated rings. The number of nitrogens with zero attached hydrogens (tertiary/aromatic N) is 3. The smallest absolute Gasteiger partial charge is 0.248 e. The van der Waals surface area contributed by atoms with E-state index in [1.807, 2.05) is 24.3 Å². The van der Waals surface area contributed by atoms with E-state index in [9.17, 15) is 8.78 Å². The summed E-state index contributed by atoms with van der Waals surface area (Å²) < 4.78 is 25.7. The summed E-state index contributed by atoms with van der Waals surface area (Å²) in [5.41, 5.74) is 2.07. The molecular formula is C14H18F2N4S. The maximum Gasteiger partial charge on any atom is 0.248 e. The van der Waals surface area contributed by atoms with Gasteiger partial charge in [-0.1, -0.05) is 56.8 Å². The molecule has 0 aliphatic rings. The topological polar surface area (TPSA) is 56.7 Å². The van der Waals surface area contributed by atoms with Gasteiger partial charge in [0.25, 0.3) is 0 Å². The molecule has 0 radical (unpaired) electrons. The van der Waals surface area contributed by atoms with E-state index in [0.29, 0.717) is 5.82 Å². The van der Waals surface area contributed by atoms with Crippen LogP contribution >= 0.6 is 11.8 Å². The van der Waals surface area contributed by atoms with Gasteiger partial charge in [-0.2, -0.15) is 0 Å². The highest BCUT2D eigenvalue weighted by molar-refractivity contribution is 7.99. The number of nitrogen functional groups attached to an aromatic ring is 1. The van der Waals surface area contributed by atoms with Crippen LogP contribution in [0.3, 0.4) is 0 Å². The normalized spacial score (nSPS) is 12.1. The van der Waals surface area contributed by atoms with Gasteiger partial charge in [0.1, 0.15) is 0 Å². The van der Waals surface area contributed by atoms with Crippen LogP contribution in [0.1, 0.15) is 26.3 Å². The second-order valence-electron chi connectivity index (χ2n) is 5.71. The van der Waals surface area contributed by atoms with E-state index in [2.05, 4.69) is 31.0 Å². The molecule has 114 valence electrons. The highest BCUT2D eigenvalue weighted by Crippen LogP contribution is 2.26. The highest BCUT2D eigenvalue weighted by Gasteiger charge is 2.16. The molecule has 2 N–H and O–H groups in total. The summed E-state index contributed by atoms with van der Waals surface area (Å²) in [6.07, 6.45) is -2.40. The quantitative estimate of drug-likeness (QED) is 0.695. The third-order valence-electron chi connectivity index (χ3n) is 3.01. The Bertz CT molecular complexity index is 602. The van der Waals surface area contributed by atoms with Crippen molar-refractivity contribution in [1.29, 1.82) is 0 Å². The molecule has 0 unspecified atom stereocenters. The summed E-state index contributed by atoms with van der Waals surface area (Å²) >= 11 is 0.892. The van der Waals surface area contributed by atoms with Crippen LogP contribution in [0.4, 0.5) is 8.78 Å². The number of aromatic nitrogens is 3. The van der Waals surface area contributed by atoms with Gasteiger partial charge < -0.3 is 5.84 Å². The van der Waals surface area contributed by atoms with E-state index in [0.717, 1.165) is 17.3 Å². The average Bonchev–Trinajstić information content (AvgIpc) is 2.77. The maximum atomic E-state index is 12.2. The number of halogens is 2. The molecule has 1 aromatic heterocycles. The fourth-order valence-corrected chi connectivity index (χ4v) is 2.43. The zero-order valence-corrected chi connectivity index (χ0v) is 13.0. The van der Waals surface area contributed by atoms with Crippen molar-refractivity contribution in [3.05, 3.63) is 29.8 Å². The second kappa shape index (κ2) is 6.01. The van der Waals surface area contributed by atoms with Crippen LogP contribution in [0.5, 0.6) is 0 Å². The molecule has 1 heterocycles. The third-order valence-corrected chi connectivity index (χ3v) is 3.97. The van der Waals surface area contributed by atoms with Crippen molar-refractivity contribution in [2.75, 3.05) is 11.6 Å². The lowest BCUT2D eigenvalue weighted by atomic mass is 9.87. The standard InChI is InChI=1S/C14H18F2N4S/c1-14(2,3)10-6-4-9(5-7-10)12-18-19-13(20(12)17)21-8-11(15)16/h4-7,11H,8,17H2,1-3H3. The van der Waals surface area contributed by atoms with E-state index < -0.39 is 6.43 Å². The minimum absolute atomic E-state index is 0.0627. The van der Waals surface area contributed by atoms with Crippen LogP contribution in [0.2, 0.25) is 0 Å². The maximum absolute atomic E-state index is 12.2. The Morgan fingerprint density at radius 3 is 2.33 bits per heavy atom. The van der Waals surface area contributed by atoms with Gasteiger partial charge in [0.15, 0.2) is 5.82 Å². The Hall–Kier alpha value is -1.63. The number of alkyl halides is 2. The summed E-state index contributed by atoms with van der Waals surface area (Å²) in [7, 11) is 0. The highest BCUT2D eigenvalue weighted by atomic mass is 32.2. The van der Waals surface area contributed by atoms with Crippen molar-refractivity contribution >= 4 is 11.8 Å². The molecule has 0 saturated carbocycles. The molecule has 0 amide bonds. The molecule has 21 heavy (non-hydrogen) atoms. The van der Waals surface area contributed by atoms with Crippen molar-refractivity contribution in [2.24, 2.45) is 0 Å². The zero-order valence-electron chi connectivity index (χ0n) is 12.2. The molecule has 0 saturated heterocycles. The summed E-state index contributed by atoms with van der Waals surface area (Å²) in [4.78, 5) is 0. The third kappa shape index (κ3) is 3.72. The van der Waals surface area contributed by atoms with Gasteiger partial charge in [0.05, 0.1) is 5.75 Å². The largest absolute Gasteiger partial charge is 0.335 e. The van der Waals surface area contributed by atoms with Gasteiger partial charge in [-0.05, 0) is 11.0 Å². The fourth-order valence-electron chi connectivity index (χ4n) is 1.83. The van der Waals surface area contributed by atoms with E-state index in [1.165, 1.54) is 10.2 Å². The molecule has 0 bridgehead atoms. The van der Waals surface area contributed by atoms with Crippen molar-refractivity contribution in [2.45, 2.75) is 37.8 Å². The number of benzene rings is 1. The van der Waals surface area contributed by atoms with Gasteiger partial charge in [0, 0.05) is 5.56 Å². The average molecular weight is 312 g/mol. The number of hydrogen-bond donors (Lipinski definition) is 1. The fraction of sp³-hybridized carbons (Fsp3) is 0.429.